The lowest BCUT2D eigenvalue weighted by Gasteiger charge is -2.14. The van der Waals surface area contributed by atoms with Gasteiger partial charge in [0.25, 0.3) is 0 Å². The average Bonchev–Trinajstić information content (AvgIpc) is 2.74. The van der Waals surface area contributed by atoms with Crippen molar-refractivity contribution in [2.24, 2.45) is 0 Å². The highest BCUT2D eigenvalue weighted by Gasteiger charge is 2.16. The Hall–Kier alpha value is -1.97. The first-order valence-corrected chi connectivity index (χ1v) is 5.53. The first-order valence-electron chi connectivity index (χ1n) is 5.53. The van der Waals surface area contributed by atoms with Gasteiger partial charge in [-0.25, -0.2) is 0 Å². The van der Waals surface area contributed by atoms with Crippen LogP contribution in [0.4, 0.5) is 5.82 Å². The summed E-state index contributed by atoms with van der Waals surface area (Å²) in [5.74, 6) is 2.24. The number of aromatic nitrogens is 1. The highest BCUT2D eigenvalue weighted by molar-refractivity contribution is 5.68. The number of hydrogen-bond acceptors (Lipinski definition) is 4. The Morgan fingerprint density at radius 1 is 1.35 bits per heavy atom. The summed E-state index contributed by atoms with van der Waals surface area (Å²) in [6.45, 7) is 4.22. The Labute approximate surface area is 100 Å². The zero-order valence-corrected chi connectivity index (χ0v) is 10.2. The molecule has 2 N–H and O–H groups in total. The Kier molecular flexibility index (Phi) is 3.04. The van der Waals surface area contributed by atoms with Crippen molar-refractivity contribution < 1.29 is 9.26 Å². The van der Waals surface area contributed by atoms with Crippen molar-refractivity contribution in [1.82, 2.24) is 5.16 Å². The van der Waals surface area contributed by atoms with E-state index in [1.165, 1.54) is 0 Å². The van der Waals surface area contributed by atoms with Crippen molar-refractivity contribution >= 4 is 5.82 Å². The molecule has 0 aliphatic heterocycles. The normalized spacial score (nSPS) is 10.8. The van der Waals surface area contributed by atoms with Crippen molar-refractivity contribution in [2.75, 3.05) is 12.8 Å². The number of benzene rings is 1. The summed E-state index contributed by atoms with van der Waals surface area (Å²) in [7, 11) is 1.67. The van der Waals surface area contributed by atoms with Gasteiger partial charge >= 0.3 is 0 Å². The average molecular weight is 232 g/mol. The molecule has 0 fully saturated rings. The molecule has 0 radical (unpaired) electrons. The molecule has 2 rings (SSSR count). The number of anilines is 1. The maximum atomic E-state index is 5.58. The van der Waals surface area contributed by atoms with Crippen LogP contribution in [0.3, 0.4) is 0 Å². The number of nitrogen functional groups attached to an aromatic ring is 1. The summed E-state index contributed by atoms with van der Waals surface area (Å²) in [4.78, 5) is 0. The van der Waals surface area contributed by atoms with Crippen molar-refractivity contribution in [3.8, 4) is 17.1 Å². The molecular weight excluding hydrogens is 216 g/mol. The molecule has 1 aromatic carbocycles. The van der Waals surface area contributed by atoms with E-state index in [9.17, 15) is 0 Å². The standard InChI is InChI=1S/C13H16N2O2/c1-8(2)13-9(5-4-6-10(13)16-3)11-7-12(14)15-17-11/h4-8H,1-3H3,(H2,14,15). The van der Waals surface area contributed by atoms with Crippen LogP contribution in [0.25, 0.3) is 11.3 Å². The third kappa shape index (κ3) is 2.11. The molecular formula is C13H16N2O2. The lowest BCUT2D eigenvalue weighted by molar-refractivity contribution is 0.406. The zero-order valence-electron chi connectivity index (χ0n) is 10.2. The van der Waals surface area contributed by atoms with Gasteiger partial charge in [0.1, 0.15) is 5.75 Å². The number of hydrogen-bond donors (Lipinski definition) is 1. The van der Waals surface area contributed by atoms with Gasteiger partial charge < -0.3 is 15.0 Å². The molecule has 90 valence electrons. The van der Waals surface area contributed by atoms with E-state index in [-0.39, 0.29) is 0 Å². The molecule has 1 aromatic heterocycles. The second-order valence-electron chi connectivity index (χ2n) is 4.19. The second kappa shape index (κ2) is 4.49. The molecule has 0 saturated carbocycles. The third-order valence-electron chi connectivity index (χ3n) is 2.66. The monoisotopic (exact) mass is 232 g/mol. The predicted molar refractivity (Wildman–Crippen MR) is 67.0 cm³/mol. The maximum absolute atomic E-state index is 5.58. The van der Waals surface area contributed by atoms with E-state index in [0.29, 0.717) is 17.5 Å². The molecule has 0 aliphatic carbocycles. The van der Waals surface area contributed by atoms with Gasteiger partial charge in [0.05, 0.1) is 7.11 Å². The molecule has 0 amide bonds. The van der Waals surface area contributed by atoms with Crippen molar-refractivity contribution in [3.63, 3.8) is 0 Å². The van der Waals surface area contributed by atoms with E-state index in [0.717, 1.165) is 16.9 Å². The van der Waals surface area contributed by atoms with Crippen LogP contribution >= 0.6 is 0 Å². The third-order valence-corrected chi connectivity index (χ3v) is 2.66. The molecule has 0 unspecified atom stereocenters. The van der Waals surface area contributed by atoms with E-state index in [4.69, 9.17) is 15.0 Å². The minimum Gasteiger partial charge on any atom is -0.496 e. The van der Waals surface area contributed by atoms with Gasteiger partial charge in [0.2, 0.25) is 0 Å². The summed E-state index contributed by atoms with van der Waals surface area (Å²) < 4.78 is 10.6. The van der Waals surface area contributed by atoms with Crippen molar-refractivity contribution in [1.29, 1.82) is 0 Å². The smallest absolute Gasteiger partial charge is 0.169 e. The van der Waals surface area contributed by atoms with Crippen LogP contribution in [-0.4, -0.2) is 12.3 Å². The number of rotatable bonds is 3. The summed E-state index contributed by atoms with van der Waals surface area (Å²) in [5.41, 5.74) is 7.65. The number of nitrogens with two attached hydrogens (primary N) is 1. The van der Waals surface area contributed by atoms with Crippen molar-refractivity contribution in [2.45, 2.75) is 19.8 Å². The minimum absolute atomic E-state index is 0.326. The van der Waals surface area contributed by atoms with Crippen LogP contribution < -0.4 is 10.5 Å². The lowest BCUT2D eigenvalue weighted by atomic mass is 9.94. The minimum atomic E-state index is 0.326. The lowest BCUT2D eigenvalue weighted by Crippen LogP contribution is -1.97. The summed E-state index contributed by atoms with van der Waals surface area (Å²) in [5, 5.41) is 3.71. The van der Waals surface area contributed by atoms with Crippen LogP contribution in [0, 0.1) is 0 Å². The Morgan fingerprint density at radius 2 is 2.12 bits per heavy atom. The van der Waals surface area contributed by atoms with Crippen LogP contribution in [0.2, 0.25) is 0 Å². The highest BCUT2D eigenvalue weighted by atomic mass is 16.5. The van der Waals surface area contributed by atoms with E-state index in [2.05, 4.69) is 19.0 Å². The molecule has 0 spiro atoms. The van der Waals surface area contributed by atoms with Gasteiger partial charge in [-0.15, -0.1) is 0 Å². The zero-order chi connectivity index (χ0) is 12.4. The van der Waals surface area contributed by atoms with Gasteiger partial charge in [-0.05, 0) is 12.0 Å². The maximum Gasteiger partial charge on any atom is 0.169 e. The SMILES string of the molecule is COc1cccc(-c2cc(N)no2)c1C(C)C. The molecule has 0 bridgehead atoms. The topological polar surface area (TPSA) is 61.3 Å². The fraction of sp³-hybridized carbons (Fsp3) is 0.308. The second-order valence-corrected chi connectivity index (χ2v) is 4.19. The summed E-state index contributed by atoms with van der Waals surface area (Å²) >= 11 is 0. The fourth-order valence-electron chi connectivity index (χ4n) is 1.95. The number of nitrogens with zero attached hydrogens (tertiary/aromatic N) is 1. The van der Waals surface area contributed by atoms with Crippen molar-refractivity contribution in [3.05, 3.63) is 29.8 Å². The first-order chi connectivity index (χ1) is 8.13. The summed E-state index contributed by atoms with van der Waals surface area (Å²) in [6.07, 6.45) is 0. The first kappa shape index (κ1) is 11.5. The van der Waals surface area contributed by atoms with Crippen LogP contribution in [0.15, 0.2) is 28.8 Å². The molecule has 2 aromatic rings. The van der Waals surface area contributed by atoms with Gasteiger partial charge in [0.15, 0.2) is 11.6 Å². The highest BCUT2D eigenvalue weighted by Crippen LogP contribution is 2.36. The number of ether oxygens (including phenoxy) is 1. The Balaban J connectivity index is 2.60. The van der Waals surface area contributed by atoms with E-state index >= 15 is 0 Å². The molecule has 4 heteroatoms. The van der Waals surface area contributed by atoms with Gasteiger partial charge in [-0.1, -0.05) is 31.1 Å². The molecule has 17 heavy (non-hydrogen) atoms. The molecule has 0 atom stereocenters. The fourth-order valence-corrected chi connectivity index (χ4v) is 1.95. The van der Waals surface area contributed by atoms with Crippen LogP contribution in [0.1, 0.15) is 25.3 Å². The van der Waals surface area contributed by atoms with E-state index in [1.54, 1.807) is 13.2 Å². The predicted octanol–water partition coefficient (Wildman–Crippen LogP) is 3.06. The van der Waals surface area contributed by atoms with E-state index < -0.39 is 0 Å². The Bertz CT molecular complexity index is 518. The quantitative estimate of drug-likeness (QED) is 0.883. The van der Waals surface area contributed by atoms with Gasteiger partial charge in [-0.2, -0.15) is 0 Å². The van der Waals surface area contributed by atoms with Gasteiger partial charge in [-0.3, -0.25) is 0 Å². The van der Waals surface area contributed by atoms with Gasteiger partial charge in [0, 0.05) is 17.2 Å². The Morgan fingerprint density at radius 3 is 2.65 bits per heavy atom. The molecule has 0 saturated heterocycles. The molecule has 1 heterocycles. The summed E-state index contributed by atoms with van der Waals surface area (Å²) in [6, 6.07) is 7.58. The molecule has 0 aliphatic rings. The van der Waals surface area contributed by atoms with E-state index in [1.807, 2.05) is 18.2 Å². The largest absolute Gasteiger partial charge is 0.496 e. The molecule has 4 nitrogen and oxygen atoms in total. The van der Waals surface area contributed by atoms with Crippen LogP contribution in [0.5, 0.6) is 5.75 Å². The number of methoxy groups -OCH3 is 1. The van der Waals surface area contributed by atoms with Crippen LogP contribution in [-0.2, 0) is 0 Å².